The number of nitrogens with zero attached hydrogens (tertiary/aromatic N) is 2. The van der Waals surface area contributed by atoms with Crippen LogP contribution in [0.5, 0.6) is 0 Å². The molecule has 1 saturated carbocycles. The van der Waals surface area contributed by atoms with Crippen LogP contribution in [0, 0.1) is 17.2 Å². The number of benzene rings is 1. The second-order valence-corrected chi connectivity index (χ2v) is 6.99. The van der Waals surface area contributed by atoms with Gasteiger partial charge in [-0.1, -0.05) is 13.3 Å². The molecular weight excluding hydrogens is 332 g/mol. The van der Waals surface area contributed by atoms with E-state index in [-0.39, 0.29) is 12.5 Å². The van der Waals surface area contributed by atoms with Gasteiger partial charge in [-0.3, -0.25) is 14.5 Å². The highest BCUT2D eigenvalue weighted by Crippen LogP contribution is 2.37. The van der Waals surface area contributed by atoms with E-state index in [4.69, 9.17) is 5.26 Å². The summed E-state index contributed by atoms with van der Waals surface area (Å²) in [6.07, 6.45) is 4.16. The van der Waals surface area contributed by atoms with Crippen LogP contribution in [0.1, 0.15) is 44.6 Å². The third kappa shape index (κ3) is 3.40. The van der Waals surface area contributed by atoms with E-state index in [0.717, 1.165) is 24.2 Å². The molecule has 1 spiro atoms. The first kappa shape index (κ1) is 17.9. The zero-order valence-corrected chi connectivity index (χ0v) is 14.7. The Morgan fingerprint density at radius 1 is 1.31 bits per heavy atom. The highest BCUT2D eigenvalue weighted by molar-refractivity contribution is 6.10. The van der Waals surface area contributed by atoms with Crippen molar-refractivity contribution in [3.8, 4) is 6.07 Å². The number of hydrogen-bond acceptors (Lipinski definition) is 4. The minimum absolute atomic E-state index is 0.299. The Labute approximate surface area is 152 Å². The number of rotatable bonds is 4. The second-order valence-electron chi connectivity index (χ2n) is 6.99. The largest absolute Gasteiger partial charge is 0.325 e. The molecule has 2 N–H and O–H groups in total. The van der Waals surface area contributed by atoms with Crippen LogP contribution < -0.4 is 10.6 Å². The van der Waals surface area contributed by atoms with E-state index in [1.807, 2.05) is 6.07 Å². The number of carbonyl (C=O) groups is 3. The second kappa shape index (κ2) is 7.16. The summed E-state index contributed by atoms with van der Waals surface area (Å²) in [7, 11) is 0. The van der Waals surface area contributed by atoms with Crippen molar-refractivity contribution in [2.75, 3.05) is 11.9 Å². The zero-order valence-electron chi connectivity index (χ0n) is 14.7. The highest BCUT2D eigenvalue weighted by atomic mass is 16.2. The van der Waals surface area contributed by atoms with Gasteiger partial charge in [0.05, 0.1) is 11.6 Å². The van der Waals surface area contributed by atoms with Gasteiger partial charge in [0, 0.05) is 5.69 Å². The first-order valence-corrected chi connectivity index (χ1v) is 8.91. The standard InChI is InChI=1S/C19H22N4O3/c1-2-13-7-9-19(10-8-13)17(25)23(18(26)22-19)12-16(24)21-15-5-3-14(11-20)4-6-15/h3-6,13H,2,7-10,12H2,1H3,(H,21,24)(H,22,26). The van der Waals surface area contributed by atoms with Gasteiger partial charge in [0.25, 0.3) is 5.91 Å². The van der Waals surface area contributed by atoms with Crippen LogP contribution in [-0.2, 0) is 9.59 Å². The van der Waals surface area contributed by atoms with Crippen molar-refractivity contribution in [1.82, 2.24) is 10.2 Å². The molecule has 26 heavy (non-hydrogen) atoms. The molecule has 1 aliphatic heterocycles. The van der Waals surface area contributed by atoms with Crippen molar-refractivity contribution in [3.63, 3.8) is 0 Å². The van der Waals surface area contributed by atoms with E-state index >= 15 is 0 Å². The number of hydrogen-bond donors (Lipinski definition) is 2. The lowest BCUT2D eigenvalue weighted by Gasteiger charge is -2.34. The van der Waals surface area contributed by atoms with Crippen molar-refractivity contribution >= 4 is 23.5 Å². The van der Waals surface area contributed by atoms with Gasteiger partial charge in [0.15, 0.2) is 0 Å². The lowest BCUT2D eigenvalue weighted by Crippen LogP contribution is -2.49. The quantitative estimate of drug-likeness (QED) is 0.810. The molecule has 136 valence electrons. The first-order valence-electron chi connectivity index (χ1n) is 8.91. The van der Waals surface area contributed by atoms with Crippen molar-refractivity contribution in [2.24, 2.45) is 5.92 Å². The van der Waals surface area contributed by atoms with E-state index < -0.39 is 17.5 Å². The van der Waals surface area contributed by atoms with Crippen LogP contribution in [0.2, 0.25) is 0 Å². The summed E-state index contributed by atoms with van der Waals surface area (Å²) >= 11 is 0. The van der Waals surface area contributed by atoms with Gasteiger partial charge in [-0.25, -0.2) is 4.79 Å². The third-order valence-corrected chi connectivity index (χ3v) is 5.38. The fraction of sp³-hybridized carbons (Fsp3) is 0.474. The average Bonchev–Trinajstić information content (AvgIpc) is 2.87. The van der Waals surface area contributed by atoms with Crippen LogP contribution in [0.25, 0.3) is 0 Å². The normalized spacial score (nSPS) is 25.1. The minimum atomic E-state index is -0.836. The Morgan fingerprint density at radius 2 is 1.96 bits per heavy atom. The number of amides is 4. The van der Waals surface area contributed by atoms with E-state index in [1.54, 1.807) is 24.3 Å². The van der Waals surface area contributed by atoms with E-state index in [0.29, 0.717) is 30.0 Å². The van der Waals surface area contributed by atoms with Crippen molar-refractivity contribution in [1.29, 1.82) is 5.26 Å². The van der Waals surface area contributed by atoms with Crippen LogP contribution in [-0.4, -0.2) is 34.8 Å². The molecule has 7 nitrogen and oxygen atoms in total. The molecule has 1 saturated heterocycles. The molecule has 0 bridgehead atoms. The Bertz CT molecular complexity index is 758. The maximum atomic E-state index is 12.8. The molecule has 3 rings (SSSR count). The minimum Gasteiger partial charge on any atom is -0.325 e. The van der Waals surface area contributed by atoms with Gasteiger partial charge >= 0.3 is 6.03 Å². The lowest BCUT2D eigenvalue weighted by atomic mass is 9.75. The maximum Gasteiger partial charge on any atom is 0.325 e. The SMILES string of the molecule is CCC1CCC2(CC1)NC(=O)N(CC(=O)Nc1ccc(C#N)cc1)C2=O. The summed E-state index contributed by atoms with van der Waals surface area (Å²) in [4.78, 5) is 38.3. The molecule has 2 aliphatic rings. The van der Waals surface area contributed by atoms with E-state index in [2.05, 4.69) is 17.6 Å². The van der Waals surface area contributed by atoms with Crippen molar-refractivity contribution in [2.45, 2.75) is 44.6 Å². The summed E-state index contributed by atoms with van der Waals surface area (Å²) in [6, 6.07) is 7.89. The third-order valence-electron chi connectivity index (χ3n) is 5.38. The van der Waals surface area contributed by atoms with Crippen LogP contribution in [0.4, 0.5) is 10.5 Å². The molecule has 0 atom stereocenters. The van der Waals surface area contributed by atoms with E-state index in [9.17, 15) is 14.4 Å². The van der Waals surface area contributed by atoms with Crippen molar-refractivity contribution < 1.29 is 14.4 Å². The molecule has 7 heteroatoms. The molecular formula is C19H22N4O3. The summed E-state index contributed by atoms with van der Waals surface area (Å²) in [5.41, 5.74) is 0.165. The Hall–Kier alpha value is -2.88. The summed E-state index contributed by atoms with van der Waals surface area (Å²) in [5.74, 6) is -0.149. The van der Waals surface area contributed by atoms with Crippen LogP contribution in [0.3, 0.4) is 0 Å². The predicted molar refractivity (Wildman–Crippen MR) is 95.0 cm³/mol. The monoisotopic (exact) mass is 354 g/mol. The fourth-order valence-electron chi connectivity index (χ4n) is 3.71. The summed E-state index contributed by atoms with van der Waals surface area (Å²) in [5, 5.41) is 14.3. The van der Waals surface area contributed by atoms with Gasteiger partial charge < -0.3 is 10.6 Å². The van der Waals surface area contributed by atoms with Crippen LogP contribution >= 0.6 is 0 Å². The topological polar surface area (TPSA) is 102 Å². The Kier molecular flexibility index (Phi) is 4.94. The van der Waals surface area contributed by atoms with Gasteiger partial charge in [-0.15, -0.1) is 0 Å². The molecule has 0 unspecified atom stereocenters. The maximum absolute atomic E-state index is 12.8. The van der Waals surface area contributed by atoms with Crippen molar-refractivity contribution in [3.05, 3.63) is 29.8 Å². The van der Waals surface area contributed by atoms with Crippen LogP contribution in [0.15, 0.2) is 24.3 Å². The van der Waals surface area contributed by atoms with E-state index in [1.165, 1.54) is 0 Å². The number of carbonyl (C=O) groups excluding carboxylic acids is 3. The Balaban J connectivity index is 1.62. The highest BCUT2D eigenvalue weighted by Gasteiger charge is 2.52. The predicted octanol–water partition coefficient (Wildman–Crippen LogP) is 2.39. The molecule has 2 fully saturated rings. The molecule has 1 aliphatic carbocycles. The average molecular weight is 354 g/mol. The zero-order chi connectivity index (χ0) is 18.7. The number of nitrogens with one attached hydrogen (secondary N) is 2. The van der Waals surface area contributed by atoms with Gasteiger partial charge in [0.1, 0.15) is 12.1 Å². The Morgan fingerprint density at radius 3 is 2.54 bits per heavy atom. The molecule has 4 amide bonds. The summed E-state index contributed by atoms with van der Waals surface area (Å²) < 4.78 is 0. The van der Waals surface area contributed by atoms with Gasteiger partial charge in [-0.05, 0) is 55.9 Å². The molecule has 1 aromatic rings. The number of imide groups is 1. The number of nitriles is 1. The smallest absolute Gasteiger partial charge is 0.325 e. The molecule has 0 radical (unpaired) electrons. The number of urea groups is 1. The molecule has 0 aromatic heterocycles. The van der Waals surface area contributed by atoms with Gasteiger partial charge in [0.2, 0.25) is 5.91 Å². The number of anilines is 1. The van der Waals surface area contributed by atoms with Gasteiger partial charge in [-0.2, -0.15) is 5.26 Å². The lowest BCUT2D eigenvalue weighted by molar-refractivity contribution is -0.135. The molecule has 1 heterocycles. The summed E-state index contributed by atoms with van der Waals surface area (Å²) in [6.45, 7) is 1.82. The fourth-order valence-corrected chi connectivity index (χ4v) is 3.71. The first-order chi connectivity index (χ1) is 12.5. The molecule has 1 aromatic carbocycles.